The Labute approximate surface area is 116 Å². The van der Waals surface area contributed by atoms with Crippen LogP contribution in [0.15, 0.2) is 16.7 Å². The van der Waals surface area contributed by atoms with E-state index in [-0.39, 0.29) is 11.4 Å². The van der Waals surface area contributed by atoms with E-state index in [1.165, 1.54) is 7.11 Å². The molecule has 0 aliphatic rings. The van der Waals surface area contributed by atoms with Crippen molar-refractivity contribution in [3.05, 3.63) is 28.8 Å². The van der Waals surface area contributed by atoms with Crippen molar-refractivity contribution in [2.75, 3.05) is 20.0 Å². The highest BCUT2D eigenvalue weighted by atomic mass is 16.5. The summed E-state index contributed by atoms with van der Waals surface area (Å²) in [5.41, 5.74) is 8.66. The molecule has 2 N–H and O–H groups in total. The lowest BCUT2D eigenvalue weighted by molar-refractivity contribution is 0.0602. The number of nitrogens with two attached hydrogens (primary N) is 1. The summed E-state index contributed by atoms with van der Waals surface area (Å²) in [7, 11) is 2.83. The van der Waals surface area contributed by atoms with Crippen LogP contribution < -0.4 is 10.5 Å². The van der Waals surface area contributed by atoms with Crippen LogP contribution >= 0.6 is 0 Å². The van der Waals surface area contributed by atoms with Gasteiger partial charge in [0, 0.05) is 5.56 Å². The van der Waals surface area contributed by atoms with Crippen LogP contribution in [0.5, 0.6) is 5.75 Å². The summed E-state index contributed by atoms with van der Waals surface area (Å²) in [6, 6.07) is 3.83. The van der Waals surface area contributed by atoms with Gasteiger partial charge in [0.25, 0.3) is 0 Å². The van der Waals surface area contributed by atoms with Gasteiger partial charge in [0.05, 0.1) is 14.2 Å². The molecule has 0 aliphatic heterocycles. The molecule has 0 fully saturated rings. The molecule has 0 aliphatic carbocycles. The predicted molar refractivity (Wildman–Crippen MR) is 73.7 cm³/mol. The van der Waals surface area contributed by atoms with Crippen molar-refractivity contribution in [1.29, 1.82) is 0 Å². The summed E-state index contributed by atoms with van der Waals surface area (Å²) in [6.45, 7) is 3.85. The van der Waals surface area contributed by atoms with Crippen molar-refractivity contribution >= 4 is 11.9 Å². The van der Waals surface area contributed by atoms with Gasteiger partial charge in [0.2, 0.25) is 5.88 Å². The molecule has 2 rings (SSSR count). The summed E-state index contributed by atoms with van der Waals surface area (Å²) >= 11 is 0. The highest BCUT2D eigenvalue weighted by Crippen LogP contribution is 2.37. The Hall–Kier alpha value is -2.50. The third kappa shape index (κ3) is 2.20. The molecule has 20 heavy (non-hydrogen) atoms. The fourth-order valence-corrected chi connectivity index (χ4v) is 2.19. The highest BCUT2D eigenvalue weighted by molar-refractivity contribution is 6.01. The molecule has 0 saturated heterocycles. The van der Waals surface area contributed by atoms with E-state index in [4.69, 9.17) is 19.7 Å². The monoisotopic (exact) mass is 276 g/mol. The largest absolute Gasteiger partial charge is 0.496 e. The molecule has 0 unspecified atom stereocenters. The second-order valence-corrected chi connectivity index (χ2v) is 4.42. The molecule has 1 aromatic carbocycles. The molecule has 1 heterocycles. The zero-order chi connectivity index (χ0) is 14.9. The van der Waals surface area contributed by atoms with Crippen LogP contribution in [0.25, 0.3) is 11.3 Å². The lowest BCUT2D eigenvalue weighted by atomic mass is 10.0. The smallest absolute Gasteiger partial charge is 0.345 e. The number of carbonyl (C=O) groups is 1. The Morgan fingerprint density at radius 2 is 2.00 bits per heavy atom. The van der Waals surface area contributed by atoms with Crippen LogP contribution in [0, 0.1) is 13.8 Å². The number of carbonyl (C=O) groups excluding carboxylic acids is 1. The van der Waals surface area contributed by atoms with Gasteiger partial charge in [-0.3, -0.25) is 0 Å². The average Bonchev–Trinajstić information content (AvgIpc) is 2.79. The van der Waals surface area contributed by atoms with Gasteiger partial charge in [-0.25, -0.2) is 4.79 Å². The van der Waals surface area contributed by atoms with E-state index in [1.54, 1.807) is 7.11 Å². The quantitative estimate of drug-likeness (QED) is 0.866. The number of rotatable bonds is 3. The van der Waals surface area contributed by atoms with E-state index in [0.29, 0.717) is 17.0 Å². The van der Waals surface area contributed by atoms with Gasteiger partial charge in [-0.2, -0.15) is 0 Å². The van der Waals surface area contributed by atoms with Gasteiger partial charge >= 0.3 is 5.97 Å². The van der Waals surface area contributed by atoms with Crippen molar-refractivity contribution in [1.82, 2.24) is 5.16 Å². The number of hydrogen-bond acceptors (Lipinski definition) is 6. The molecular weight excluding hydrogens is 260 g/mol. The van der Waals surface area contributed by atoms with Gasteiger partial charge in [-0.15, -0.1) is 0 Å². The van der Waals surface area contributed by atoms with Gasteiger partial charge < -0.3 is 19.7 Å². The maximum absolute atomic E-state index is 11.8. The minimum atomic E-state index is -0.597. The first-order valence-corrected chi connectivity index (χ1v) is 5.98. The van der Waals surface area contributed by atoms with Crippen molar-refractivity contribution in [2.24, 2.45) is 0 Å². The lowest BCUT2D eigenvalue weighted by Crippen LogP contribution is -2.05. The number of aryl methyl sites for hydroxylation is 2. The fourth-order valence-electron chi connectivity index (χ4n) is 2.19. The Kier molecular flexibility index (Phi) is 3.65. The summed E-state index contributed by atoms with van der Waals surface area (Å²) in [6.07, 6.45) is 0. The van der Waals surface area contributed by atoms with Crippen molar-refractivity contribution in [2.45, 2.75) is 13.8 Å². The van der Waals surface area contributed by atoms with Crippen LogP contribution in [0.3, 0.4) is 0 Å². The number of hydrogen-bond donors (Lipinski definition) is 1. The van der Waals surface area contributed by atoms with Gasteiger partial charge in [0.1, 0.15) is 11.4 Å². The molecule has 0 spiro atoms. The number of nitrogens with zero attached hydrogens (tertiary/aromatic N) is 1. The number of esters is 1. The van der Waals surface area contributed by atoms with E-state index in [0.717, 1.165) is 11.1 Å². The number of ether oxygens (including phenoxy) is 2. The van der Waals surface area contributed by atoms with E-state index in [2.05, 4.69) is 5.16 Å². The topological polar surface area (TPSA) is 87.6 Å². The normalized spacial score (nSPS) is 10.4. The van der Waals surface area contributed by atoms with Crippen LogP contribution in [-0.2, 0) is 4.74 Å². The predicted octanol–water partition coefficient (Wildman–Crippen LogP) is 2.34. The fraction of sp³-hybridized carbons (Fsp3) is 0.286. The molecule has 0 radical (unpaired) electrons. The third-order valence-corrected chi connectivity index (χ3v) is 2.99. The molecule has 0 saturated carbocycles. The zero-order valence-corrected chi connectivity index (χ0v) is 11.8. The minimum Gasteiger partial charge on any atom is -0.496 e. The zero-order valence-electron chi connectivity index (χ0n) is 11.8. The molecular formula is C14H16N2O4. The first-order chi connectivity index (χ1) is 9.49. The molecule has 6 nitrogen and oxygen atoms in total. The Bertz CT molecular complexity index is 661. The second-order valence-electron chi connectivity index (χ2n) is 4.42. The first kappa shape index (κ1) is 13.9. The summed E-state index contributed by atoms with van der Waals surface area (Å²) < 4.78 is 15.0. The summed E-state index contributed by atoms with van der Waals surface area (Å²) in [4.78, 5) is 11.8. The number of anilines is 1. The third-order valence-electron chi connectivity index (χ3n) is 2.99. The SMILES string of the molecule is COC(=O)c1c(-c2cc(C)cc(C)c2OC)noc1N. The Morgan fingerprint density at radius 1 is 1.30 bits per heavy atom. The van der Waals surface area contributed by atoms with Gasteiger partial charge in [-0.1, -0.05) is 11.2 Å². The van der Waals surface area contributed by atoms with Crippen molar-refractivity contribution in [3.63, 3.8) is 0 Å². The molecule has 0 atom stereocenters. The molecule has 6 heteroatoms. The number of benzene rings is 1. The maximum Gasteiger partial charge on any atom is 0.345 e. The number of nitrogen functional groups attached to an aromatic ring is 1. The van der Waals surface area contributed by atoms with Gasteiger partial charge in [0.15, 0.2) is 5.56 Å². The van der Waals surface area contributed by atoms with E-state index >= 15 is 0 Å². The van der Waals surface area contributed by atoms with E-state index in [1.807, 2.05) is 26.0 Å². The molecule has 106 valence electrons. The van der Waals surface area contributed by atoms with E-state index < -0.39 is 5.97 Å². The summed E-state index contributed by atoms with van der Waals surface area (Å²) in [5, 5.41) is 3.86. The number of methoxy groups -OCH3 is 2. The van der Waals surface area contributed by atoms with Crippen LogP contribution in [-0.4, -0.2) is 25.3 Å². The number of aromatic nitrogens is 1. The molecule has 2 aromatic rings. The summed E-state index contributed by atoms with van der Waals surface area (Å²) in [5.74, 6) is -0.0536. The maximum atomic E-state index is 11.8. The average molecular weight is 276 g/mol. The molecule has 0 amide bonds. The lowest BCUT2D eigenvalue weighted by Gasteiger charge is -2.11. The van der Waals surface area contributed by atoms with Gasteiger partial charge in [-0.05, 0) is 31.0 Å². The van der Waals surface area contributed by atoms with Crippen LogP contribution in [0.2, 0.25) is 0 Å². The van der Waals surface area contributed by atoms with Crippen LogP contribution in [0.1, 0.15) is 21.5 Å². The molecule has 1 aromatic heterocycles. The second kappa shape index (κ2) is 5.24. The highest BCUT2D eigenvalue weighted by Gasteiger charge is 2.26. The first-order valence-electron chi connectivity index (χ1n) is 5.98. The van der Waals surface area contributed by atoms with Crippen molar-refractivity contribution < 1.29 is 18.8 Å². The van der Waals surface area contributed by atoms with E-state index in [9.17, 15) is 4.79 Å². The minimum absolute atomic E-state index is 0.0759. The van der Waals surface area contributed by atoms with Crippen LogP contribution in [0.4, 0.5) is 5.88 Å². The Morgan fingerprint density at radius 3 is 2.60 bits per heavy atom. The Balaban J connectivity index is 2.72. The standard InChI is InChI=1S/C14H16N2O4/c1-7-5-8(2)12(18-3)9(6-7)11-10(14(17)19-4)13(15)20-16-11/h5-6H,15H2,1-4H3. The van der Waals surface area contributed by atoms with Crippen molar-refractivity contribution in [3.8, 4) is 17.0 Å². The molecule has 0 bridgehead atoms.